The summed E-state index contributed by atoms with van der Waals surface area (Å²) in [6.45, 7) is 10.2. The summed E-state index contributed by atoms with van der Waals surface area (Å²) in [7, 11) is 1.68. The normalized spacial score (nSPS) is 16.5. The summed E-state index contributed by atoms with van der Waals surface area (Å²) in [5.41, 5.74) is 0. The van der Waals surface area contributed by atoms with Gasteiger partial charge < -0.3 is 15.0 Å². The molecule has 118 valence electrons. The maximum atomic E-state index is 5.18. The van der Waals surface area contributed by atoms with Gasteiger partial charge in [0.15, 0.2) is 5.82 Å². The molecule has 5 heteroatoms. The first-order chi connectivity index (χ1) is 10.1. The molecule has 1 fully saturated rings. The van der Waals surface area contributed by atoms with E-state index in [-0.39, 0.29) is 0 Å². The number of hydrogen-bond acceptors (Lipinski definition) is 5. The van der Waals surface area contributed by atoms with Crippen molar-refractivity contribution in [1.29, 1.82) is 0 Å². The van der Waals surface area contributed by atoms with Crippen molar-refractivity contribution in [2.75, 3.05) is 37.0 Å². The molecule has 2 heterocycles. The lowest BCUT2D eigenvalue weighted by molar-refractivity contribution is 0.178. The third-order valence-electron chi connectivity index (χ3n) is 4.20. The largest absolute Gasteiger partial charge is 0.377 e. The molecule has 1 N–H and O–H groups in total. The Morgan fingerprint density at radius 3 is 2.62 bits per heavy atom. The molecule has 0 aliphatic carbocycles. The number of nitrogens with one attached hydrogen (secondary N) is 1. The molecule has 0 unspecified atom stereocenters. The Balaban J connectivity index is 2.11. The molecular formula is C16H28N4O. The third-order valence-corrected chi connectivity index (χ3v) is 4.20. The molecule has 1 aliphatic heterocycles. The van der Waals surface area contributed by atoms with E-state index in [0.717, 1.165) is 48.9 Å². The first-order valence-electron chi connectivity index (χ1n) is 7.99. The summed E-state index contributed by atoms with van der Waals surface area (Å²) in [6.07, 6.45) is 2.50. The van der Waals surface area contributed by atoms with E-state index in [4.69, 9.17) is 4.74 Å². The van der Waals surface area contributed by atoms with Crippen LogP contribution >= 0.6 is 0 Å². The summed E-state index contributed by atoms with van der Waals surface area (Å²) in [5, 5.41) is 3.28. The van der Waals surface area contributed by atoms with E-state index in [1.54, 1.807) is 7.11 Å². The van der Waals surface area contributed by atoms with Crippen molar-refractivity contribution in [1.82, 2.24) is 9.97 Å². The number of rotatable bonds is 6. The monoisotopic (exact) mass is 292 g/mol. The van der Waals surface area contributed by atoms with Crippen LogP contribution in [0.2, 0.25) is 0 Å². The van der Waals surface area contributed by atoms with E-state index in [2.05, 4.69) is 47.0 Å². The predicted molar refractivity (Wildman–Crippen MR) is 86.7 cm³/mol. The van der Waals surface area contributed by atoms with Crippen LogP contribution in [0.15, 0.2) is 6.07 Å². The van der Waals surface area contributed by atoms with Gasteiger partial charge in [0.1, 0.15) is 18.2 Å². The Morgan fingerprint density at radius 1 is 1.33 bits per heavy atom. The van der Waals surface area contributed by atoms with Gasteiger partial charge in [-0.2, -0.15) is 0 Å². The zero-order valence-corrected chi connectivity index (χ0v) is 13.7. The average molecular weight is 292 g/mol. The van der Waals surface area contributed by atoms with Crippen LogP contribution in [-0.4, -0.2) is 36.7 Å². The van der Waals surface area contributed by atoms with Gasteiger partial charge in [-0.3, -0.25) is 0 Å². The van der Waals surface area contributed by atoms with Gasteiger partial charge >= 0.3 is 0 Å². The molecule has 1 aliphatic rings. The van der Waals surface area contributed by atoms with Crippen molar-refractivity contribution in [3.63, 3.8) is 0 Å². The fourth-order valence-electron chi connectivity index (χ4n) is 2.91. The first kappa shape index (κ1) is 16.0. The zero-order chi connectivity index (χ0) is 15.2. The topological polar surface area (TPSA) is 50.3 Å². The summed E-state index contributed by atoms with van der Waals surface area (Å²) >= 11 is 0. The number of methoxy groups -OCH3 is 1. The zero-order valence-electron chi connectivity index (χ0n) is 13.7. The predicted octanol–water partition coefficient (Wildman–Crippen LogP) is 2.93. The van der Waals surface area contributed by atoms with Crippen molar-refractivity contribution >= 4 is 11.6 Å². The van der Waals surface area contributed by atoms with Crippen LogP contribution in [0.25, 0.3) is 0 Å². The van der Waals surface area contributed by atoms with Crippen LogP contribution in [0, 0.1) is 11.8 Å². The quantitative estimate of drug-likeness (QED) is 0.873. The minimum Gasteiger partial charge on any atom is -0.377 e. The second-order valence-electron chi connectivity index (χ2n) is 6.06. The highest BCUT2D eigenvalue weighted by molar-refractivity contribution is 5.49. The Kier molecular flexibility index (Phi) is 5.79. The maximum Gasteiger partial charge on any atom is 0.158 e. The van der Waals surface area contributed by atoms with Gasteiger partial charge in [-0.25, -0.2) is 9.97 Å². The molecular weight excluding hydrogens is 264 g/mol. The first-order valence-corrected chi connectivity index (χ1v) is 7.99. The van der Waals surface area contributed by atoms with Crippen LogP contribution in [0.5, 0.6) is 0 Å². The van der Waals surface area contributed by atoms with Crippen molar-refractivity contribution in [2.45, 2.75) is 40.2 Å². The highest BCUT2D eigenvalue weighted by Gasteiger charge is 2.23. The second kappa shape index (κ2) is 7.59. The lowest BCUT2D eigenvalue weighted by atomic mass is 9.87. The molecule has 1 aromatic rings. The van der Waals surface area contributed by atoms with Gasteiger partial charge in [0.05, 0.1) is 0 Å². The van der Waals surface area contributed by atoms with Crippen LogP contribution in [0.3, 0.4) is 0 Å². The molecule has 0 bridgehead atoms. The van der Waals surface area contributed by atoms with Gasteiger partial charge in [-0.15, -0.1) is 0 Å². The van der Waals surface area contributed by atoms with Gasteiger partial charge in [0.25, 0.3) is 0 Å². The van der Waals surface area contributed by atoms with E-state index >= 15 is 0 Å². The maximum absolute atomic E-state index is 5.18. The van der Waals surface area contributed by atoms with Crippen LogP contribution in [0.1, 0.15) is 39.4 Å². The van der Waals surface area contributed by atoms with Crippen molar-refractivity contribution < 1.29 is 4.74 Å². The fourth-order valence-corrected chi connectivity index (χ4v) is 2.91. The molecule has 2 rings (SSSR count). The highest BCUT2D eigenvalue weighted by Crippen LogP contribution is 2.27. The summed E-state index contributed by atoms with van der Waals surface area (Å²) in [6, 6.07) is 2.05. The molecule has 0 aromatic carbocycles. The molecule has 0 spiro atoms. The molecule has 1 aromatic heterocycles. The fraction of sp³-hybridized carbons (Fsp3) is 0.750. The minimum atomic E-state index is 0.453. The number of aromatic nitrogens is 2. The molecule has 0 atom stereocenters. The van der Waals surface area contributed by atoms with Crippen molar-refractivity contribution in [3.8, 4) is 0 Å². The van der Waals surface area contributed by atoms with E-state index < -0.39 is 0 Å². The highest BCUT2D eigenvalue weighted by atomic mass is 16.5. The molecule has 5 nitrogen and oxygen atoms in total. The average Bonchev–Trinajstić information content (AvgIpc) is 2.48. The van der Waals surface area contributed by atoms with E-state index in [1.165, 1.54) is 12.8 Å². The Labute approximate surface area is 128 Å². The van der Waals surface area contributed by atoms with Gasteiger partial charge in [-0.1, -0.05) is 13.8 Å². The molecule has 21 heavy (non-hydrogen) atoms. The van der Waals surface area contributed by atoms with Crippen molar-refractivity contribution in [3.05, 3.63) is 11.9 Å². The van der Waals surface area contributed by atoms with E-state index in [1.807, 2.05) is 0 Å². The smallest absolute Gasteiger partial charge is 0.158 e. The summed E-state index contributed by atoms with van der Waals surface area (Å²) in [4.78, 5) is 11.5. The van der Waals surface area contributed by atoms with Crippen LogP contribution in [-0.2, 0) is 11.3 Å². The second-order valence-corrected chi connectivity index (χ2v) is 6.06. The van der Waals surface area contributed by atoms with Crippen molar-refractivity contribution in [2.24, 2.45) is 11.8 Å². The lowest BCUT2D eigenvalue weighted by Gasteiger charge is -2.34. The Morgan fingerprint density at radius 2 is 2.05 bits per heavy atom. The number of hydrogen-bond donors (Lipinski definition) is 1. The third kappa shape index (κ3) is 4.30. The number of piperidine rings is 1. The van der Waals surface area contributed by atoms with E-state index in [0.29, 0.717) is 6.61 Å². The van der Waals surface area contributed by atoms with Gasteiger partial charge in [-0.05, 0) is 31.6 Å². The Hall–Kier alpha value is -1.36. The molecule has 0 radical (unpaired) electrons. The number of nitrogens with zero attached hydrogens (tertiary/aromatic N) is 3. The van der Waals surface area contributed by atoms with Gasteiger partial charge in [0, 0.05) is 32.8 Å². The standard InChI is InChI=1S/C16H28N4O/c1-5-17-14-10-16(19-15(18-14)11-21-4)20-8-6-13(7-9-20)12(2)3/h10,12-13H,5-9,11H2,1-4H3,(H,17,18,19). The molecule has 1 saturated heterocycles. The number of anilines is 2. The van der Waals surface area contributed by atoms with E-state index in [9.17, 15) is 0 Å². The summed E-state index contributed by atoms with van der Waals surface area (Å²) in [5.74, 6) is 4.28. The number of ether oxygens (including phenoxy) is 1. The Bertz CT molecular complexity index is 418. The minimum absolute atomic E-state index is 0.453. The summed E-state index contributed by atoms with van der Waals surface area (Å²) < 4.78 is 5.18. The van der Waals surface area contributed by atoms with Crippen LogP contribution < -0.4 is 10.2 Å². The molecule has 0 amide bonds. The van der Waals surface area contributed by atoms with Gasteiger partial charge in [0.2, 0.25) is 0 Å². The lowest BCUT2D eigenvalue weighted by Crippen LogP contribution is -2.36. The SMILES string of the molecule is CCNc1cc(N2CCC(C(C)C)CC2)nc(COC)n1. The molecule has 0 saturated carbocycles. The van der Waals surface area contributed by atoms with Crippen LogP contribution in [0.4, 0.5) is 11.6 Å².